The first-order valence-electron chi connectivity index (χ1n) is 45.5. The second-order valence-electron chi connectivity index (χ2n) is 36.9. The Bertz CT molecular complexity index is 8430. The molecule has 5 aliphatic carbocycles. The standard InChI is InChI=1S/C43H30N2.2C41H28N2/c1-43(2)38-22-11-10-21-36(38)41-39(43)40(44-42(45-41)27-13-4-3-5-14-27)30-16-12-15-28(25-30)29-23-24-35-33-19-7-6-17-31(33)32-18-8-9-20-34(32)37(35)26-29;1-41(2)35-23-20-27(28-21-22-33-30-17-10-9-16-29(30)32-19-11-18-31(28)36(32)33)24-34(35)39-37(41)38(25-12-5-3-6-13-25)42-40(43-39)26-14-7-4-8-15-26;1-41(2)35-18-9-8-15-34(35)39-37(41)38(42-40(43-39)27-11-4-3-5-12-27)26-21-19-25(20-22-26)28-23-24-33-30-14-7-6-13-29(30)32-17-10-16-31(28)36(32)33/h3-26H,1-2H3;2*3-24H,1-2H3. The summed E-state index contributed by atoms with van der Waals surface area (Å²) in [5, 5.41) is 13.0. The lowest BCUT2D eigenvalue weighted by Crippen LogP contribution is -2.17. The summed E-state index contributed by atoms with van der Waals surface area (Å²) in [5.41, 5.74) is 40.8. The third-order valence-electron chi connectivity index (χ3n) is 28.5. The van der Waals surface area contributed by atoms with Crippen molar-refractivity contribution in [1.29, 1.82) is 0 Å². The van der Waals surface area contributed by atoms with Crippen LogP contribution in [-0.4, -0.2) is 29.9 Å². The van der Waals surface area contributed by atoms with Crippen LogP contribution in [0.5, 0.6) is 0 Å². The highest BCUT2D eigenvalue weighted by molar-refractivity contribution is 6.26. The minimum Gasteiger partial charge on any atom is -0.228 e. The predicted octanol–water partition coefficient (Wildman–Crippen LogP) is 32.4. The maximum Gasteiger partial charge on any atom is 0.160 e. The summed E-state index contributed by atoms with van der Waals surface area (Å²) in [7, 11) is 0. The van der Waals surface area contributed by atoms with Gasteiger partial charge in [0.25, 0.3) is 0 Å². The molecule has 5 aliphatic rings. The molecule has 0 spiro atoms. The van der Waals surface area contributed by atoms with E-state index in [0.717, 1.165) is 85.0 Å². The van der Waals surface area contributed by atoms with E-state index < -0.39 is 0 Å². The Morgan fingerprint density at radius 3 is 0.878 bits per heavy atom. The van der Waals surface area contributed by atoms with Gasteiger partial charge in [-0.2, -0.15) is 0 Å². The van der Waals surface area contributed by atoms with E-state index in [-0.39, 0.29) is 16.2 Å². The lowest BCUT2D eigenvalue weighted by molar-refractivity contribution is 0.657. The molecule has 0 saturated carbocycles. The fourth-order valence-corrected chi connectivity index (χ4v) is 22.3. The van der Waals surface area contributed by atoms with Gasteiger partial charge in [-0.25, -0.2) is 29.9 Å². The summed E-state index contributed by atoms with van der Waals surface area (Å²) in [6.07, 6.45) is 0. The van der Waals surface area contributed by atoms with Crippen molar-refractivity contribution < 1.29 is 0 Å². The maximum absolute atomic E-state index is 5.31. The van der Waals surface area contributed by atoms with Crippen LogP contribution in [0.4, 0.5) is 0 Å². The molecule has 0 radical (unpaired) electrons. The zero-order chi connectivity index (χ0) is 87.5. The van der Waals surface area contributed by atoms with Crippen molar-refractivity contribution in [3.8, 4) is 180 Å². The second-order valence-corrected chi connectivity index (χ2v) is 36.9. The molecule has 0 fully saturated rings. The highest BCUT2D eigenvalue weighted by atomic mass is 14.9. The molecule has 0 bridgehead atoms. The Labute approximate surface area is 761 Å². The maximum atomic E-state index is 5.31. The fraction of sp³-hybridized carbons (Fsp3) is 0.0720. The van der Waals surface area contributed by atoms with E-state index in [1.165, 1.54) is 182 Å². The molecule has 19 aromatic carbocycles. The van der Waals surface area contributed by atoms with E-state index in [0.29, 0.717) is 0 Å². The summed E-state index contributed by atoms with van der Waals surface area (Å²) in [6.45, 7) is 13.8. The first-order chi connectivity index (χ1) is 64.3. The van der Waals surface area contributed by atoms with Gasteiger partial charge >= 0.3 is 0 Å². The van der Waals surface area contributed by atoms with E-state index in [1.54, 1.807) is 0 Å². The molecule has 6 nitrogen and oxygen atoms in total. The molecule has 616 valence electrons. The minimum absolute atomic E-state index is 0.207. The molecule has 0 unspecified atom stereocenters. The topological polar surface area (TPSA) is 77.3 Å². The molecule has 22 aromatic rings. The van der Waals surface area contributed by atoms with Gasteiger partial charge in [0.1, 0.15) is 0 Å². The average Bonchev–Trinajstić information content (AvgIpc) is 1.58. The normalized spacial score (nSPS) is 13.5. The van der Waals surface area contributed by atoms with Crippen molar-refractivity contribution in [3.05, 3.63) is 446 Å². The average molecular weight is 1670 g/mol. The van der Waals surface area contributed by atoms with Crippen LogP contribution in [0, 0.1) is 0 Å². The molecule has 27 rings (SSSR count). The van der Waals surface area contributed by atoms with Crippen LogP contribution in [0.2, 0.25) is 0 Å². The highest BCUT2D eigenvalue weighted by Crippen LogP contribution is 2.58. The predicted molar refractivity (Wildman–Crippen MR) is 544 cm³/mol. The van der Waals surface area contributed by atoms with Crippen LogP contribution in [0.3, 0.4) is 0 Å². The smallest absolute Gasteiger partial charge is 0.160 e. The zero-order valence-electron chi connectivity index (χ0n) is 73.4. The van der Waals surface area contributed by atoms with Crippen molar-refractivity contribution in [1.82, 2.24) is 29.9 Å². The molecule has 0 atom stereocenters. The molecule has 6 heteroatoms. The molecule has 0 amide bonds. The van der Waals surface area contributed by atoms with Crippen LogP contribution >= 0.6 is 0 Å². The van der Waals surface area contributed by atoms with Gasteiger partial charge in [0.05, 0.1) is 34.2 Å². The molecule has 3 heterocycles. The largest absolute Gasteiger partial charge is 0.228 e. The van der Waals surface area contributed by atoms with Gasteiger partial charge in [0.15, 0.2) is 17.5 Å². The third kappa shape index (κ3) is 12.2. The van der Waals surface area contributed by atoms with Gasteiger partial charge in [-0.3, -0.25) is 0 Å². The first-order valence-corrected chi connectivity index (χ1v) is 45.5. The van der Waals surface area contributed by atoms with Gasteiger partial charge in [-0.15, -0.1) is 0 Å². The van der Waals surface area contributed by atoms with E-state index >= 15 is 0 Å². The Hall–Kier alpha value is -16.3. The second kappa shape index (κ2) is 29.9. The molecule has 3 aromatic heterocycles. The summed E-state index contributed by atoms with van der Waals surface area (Å²) in [6, 6.07) is 148. The van der Waals surface area contributed by atoms with Crippen LogP contribution in [-0.2, 0) is 16.2 Å². The molecular weight excluding hydrogens is 1590 g/mol. The van der Waals surface area contributed by atoms with Crippen molar-refractivity contribution in [2.75, 3.05) is 0 Å². The lowest BCUT2D eigenvalue weighted by atomic mass is 9.80. The van der Waals surface area contributed by atoms with E-state index in [9.17, 15) is 0 Å². The number of benzene rings is 19. The van der Waals surface area contributed by atoms with Crippen molar-refractivity contribution >= 4 is 53.9 Å². The molecule has 0 saturated heterocycles. The van der Waals surface area contributed by atoms with Crippen LogP contribution in [0.1, 0.15) is 74.9 Å². The molecule has 131 heavy (non-hydrogen) atoms. The third-order valence-corrected chi connectivity index (χ3v) is 28.5. The number of fused-ring (bicyclic) bond motifs is 21. The van der Waals surface area contributed by atoms with Crippen LogP contribution in [0.15, 0.2) is 413 Å². The van der Waals surface area contributed by atoms with Gasteiger partial charge in [-0.1, -0.05) is 436 Å². The van der Waals surface area contributed by atoms with E-state index in [1.807, 2.05) is 18.2 Å². The Balaban J connectivity index is 0.000000106. The number of nitrogens with zero attached hydrogens (tertiary/aromatic N) is 6. The molecule has 0 aliphatic heterocycles. The van der Waals surface area contributed by atoms with Gasteiger partial charge in [-0.05, 0) is 167 Å². The number of hydrogen-bond donors (Lipinski definition) is 0. The lowest BCUT2D eigenvalue weighted by Gasteiger charge is -2.24. The van der Waals surface area contributed by atoms with Crippen molar-refractivity contribution in [2.24, 2.45) is 0 Å². The molecular formula is C125H86N6. The van der Waals surface area contributed by atoms with Gasteiger partial charge in [0, 0.05) is 83.0 Å². The fourth-order valence-electron chi connectivity index (χ4n) is 22.3. The number of aromatic nitrogens is 6. The number of rotatable bonds is 9. The van der Waals surface area contributed by atoms with Crippen molar-refractivity contribution in [3.63, 3.8) is 0 Å². The highest BCUT2D eigenvalue weighted by Gasteiger charge is 2.44. The summed E-state index contributed by atoms with van der Waals surface area (Å²) in [4.78, 5) is 31.5. The van der Waals surface area contributed by atoms with E-state index in [4.69, 9.17) is 29.9 Å². The molecule has 0 N–H and O–H groups in total. The van der Waals surface area contributed by atoms with E-state index in [2.05, 4.69) is 436 Å². The van der Waals surface area contributed by atoms with Crippen LogP contribution in [0.25, 0.3) is 233 Å². The Morgan fingerprint density at radius 2 is 0.420 bits per heavy atom. The monoisotopic (exact) mass is 1670 g/mol. The Kier molecular flexibility index (Phi) is 17.6. The minimum atomic E-state index is -0.243. The van der Waals surface area contributed by atoms with Crippen molar-refractivity contribution in [2.45, 2.75) is 57.8 Å². The first kappa shape index (κ1) is 77.1. The summed E-state index contributed by atoms with van der Waals surface area (Å²) in [5.74, 6) is 2.28. The quantitative estimate of drug-likeness (QED) is 0.134. The van der Waals surface area contributed by atoms with Gasteiger partial charge in [0.2, 0.25) is 0 Å². The van der Waals surface area contributed by atoms with Crippen LogP contribution < -0.4 is 0 Å². The number of hydrogen-bond acceptors (Lipinski definition) is 6. The summed E-state index contributed by atoms with van der Waals surface area (Å²) >= 11 is 0. The zero-order valence-corrected chi connectivity index (χ0v) is 73.4. The SMILES string of the molecule is CC1(C)c2ccc(-c3ccc4c5c(cccc35)-c3ccccc3-4)cc2-c2nc(-c3ccccc3)nc(-c3ccccc3)c21.CC1(C)c2ccccc2-c2nc(-c3ccccc3)nc(-c3ccc(-c4ccc5c6c(cccc46)-c4ccccc4-5)cc3)c21.CC1(C)c2ccccc2-c2nc(-c3ccccc3)nc(-c3cccc(-c4ccc5c6ccccc6c6ccccc6c5c4)c3)c21. The Morgan fingerprint density at radius 1 is 0.145 bits per heavy atom. The summed E-state index contributed by atoms with van der Waals surface area (Å²) < 4.78 is 0. The van der Waals surface area contributed by atoms with Gasteiger partial charge < -0.3 is 0 Å².